The van der Waals surface area contributed by atoms with Crippen molar-refractivity contribution in [3.05, 3.63) is 0 Å². The Morgan fingerprint density at radius 3 is 2.54 bits per heavy atom. The summed E-state index contributed by atoms with van der Waals surface area (Å²) in [6.45, 7) is 3.96. The van der Waals surface area contributed by atoms with E-state index in [9.17, 15) is 19.8 Å². The normalized spacial score (nSPS) is 28.7. The molecule has 0 radical (unpaired) electrons. The number of Topliss-reactive ketones (excluding diaryl/α,β-unsaturated/α-hetero) is 1. The smallest absolute Gasteiger partial charge is 0.219 e. The summed E-state index contributed by atoms with van der Waals surface area (Å²) >= 11 is 0. The van der Waals surface area contributed by atoms with Gasteiger partial charge in [0.25, 0.3) is 0 Å². The average molecular weight is 405 g/mol. The fraction of sp³-hybridized carbons (Fsp3) is 0.895. The van der Waals surface area contributed by atoms with Crippen LogP contribution < -0.4 is 11.1 Å². The summed E-state index contributed by atoms with van der Waals surface area (Å²) in [6, 6.07) is -0.910. The van der Waals surface area contributed by atoms with E-state index in [1.807, 2.05) is 6.92 Å². The number of nitrogens with two attached hydrogens (primary N) is 1. The van der Waals surface area contributed by atoms with Crippen LogP contribution in [0.25, 0.3) is 0 Å². The van der Waals surface area contributed by atoms with Crippen LogP contribution in [0.4, 0.5) is 0 Å². The molecule has 1 fully saturated rings. The fourth-order valence-electron chi connectivity index (χ4n) is 2.94. The van der Waals surface area contributed by atoms with Crippen LogP contribution in [0.2, 0.25) is 0 Å². The first-order valence-corrected chi connectivity index (χ1v) is 10.0. The van der Waals surface area contributed by atoms with Crippen LogP contribution in [0.1, 0.15) is 52.4 Å². The Kier molecular flexibility index (Phi) is 11.7. The molecular weight excluding hydrogens is 368 g/mol. The van der Waals surface area contributed by atoms with Crippen LogP contribution >= 0.6 is 0 Å². The second kappa shape index (κ2) is 13.2. The molecule has 9 heteroatoms. The Bertz CT molecular complexity index is 475. The Morgan fingerprint density at radius 1 is 1.18 bits per heavy atom. The second-order valence-corrected chi connectivity index (χ2v) is 7.47. The first-order chi connectivity index (χ1) is 13.3. The van der Waals surface area contributed by atoms with Crippen molar-refractivity contribution in [3.63, 3.8) is 0 Å². The lowest BCUT2D eigenvalue weighted by molar-refractivity contribution is -0.265. The number of hydrogen-bond acceptors (Lipinski definition) is 8. The highest BCUT2D eigenvalue weighted by Gasteiger charge is 2.42. The number of carbonyl (C=O) groups is 2. The molecule has 0 aliphatic carbocycles. The molecule has 6 unspecified atom stereocenters. The molecule has 1 heterocycles. The highest BCUT2D eigenvalue weighted by atomic mass is 16.7. The molecule has 1 aliphatic rings. The number of amides is 1. The van der Waals surface area contributed by atoms with E-state index in [0.717, 1.165) is 19.3 Å². The maximum Gasteiger partial charge on any atom is 0.219 e. The summed E-state index contributed by atoms with van der Waals surface area (Å²) in [7, 11) is 0. The highest BCUT2D eigenvalue weighted by molar-refractivity contribution is 5.77. The maximum atomic E-state index is 11.8. The molecule has 0 aromatic carbocycles. The second-order valence-electron chi connectivity index (χ2n) is 7.47. The van der Waals surface area contributed by atoms with E-state index in [1.54, 1.807) is 6.92 Å². The van der Waals surface area contributed by atoms with E-state index in [-0.39, 0.29) is 24.2 Å². The molecule has 0 spiro atoms. The van der Waals surface area contributed by atoms with Crippen molar-refractivity contribution >= 4 is 11.7 Å². The number of ketones is 1. The number of rotatable bonds is 13. The highest BCUT2D eigenvalue weighted by Crippen LogP contribution is 2.20. The van der Waals surface area contributed by atoms with E-state index in [0.29, 0.717) is 25.8 Å². The Morgan fingerprint density at radius 2 is 1.89 bits per heavy atom. The van der Waals surface area contributed by atoms with Crippen molar-refractivity contribution in [2.24, 2.45) is 11.7 Å². The van der Waals surface area contributed by atoms with Gasteiger partial charge in [-0.15, -0.1) is 0 Å². The number of ether oxygens (including phenoxy) is 2. The first kappa shape index (κ1) is 24.9. The molecule has 1 amide bonds. The van der Waals surface area contributed by atoms with Crippen molar-refractivity contribution < 1.29 is 34.4 Å². The third kappa shape index (κ3) is 8.50. The lowest BCUT2D eigenvalue weighted by atomic mass is 9.98. The Hall–Kier alpha value is -1.10. The van der Waals surface area contributed by atoms with Crippen LogP contribution in [0.3, 0.4) is 0 Å². The third-order valence-corrected chi connectivity index (χ3v) is 5.09. The average Bonchev–Trinajstić information content (AvgIpc) is 2.66. The minimum absolute atomic E-state index is 0.0240. The zero-order chi connectivity index (χ0) is 21.1. The molecule has 1 aliphatic heterocycles. The zero-order valence-corrected chi connectivity index (χ0v) is 16.9. The van der Waals surface area contributed by atoms with Crippen LogP contribution in [-0.2, 0) is 19.1 Å². The van der Waals surface area contributed by atoms with Gasteiger partial charge in [-0.2, -0.15) is 0 Å². The zero-order valence-electron chi connectivity index (χ0n) is 16.9. The maximum absolute atomic E-state index is 11.8. The van der Waals surface area contributed by atoms with Gasteiger partial charge in [0, 0.05) is 25.5 Å². The molecule has 1 saturated heterocycles. The van der Waals surface area contributed by atoms with Crippen molar-refractivity contribution in [3.8, 4) is 0 Å². The summed E-state index contributed by atoms with van der Waals surface area (Å²) in [4.78, 5) is 22.9. The van der Waals surface area contributed by atoms with Crippen LogP contribution in [0.5, 0.6) is 0 Å². The quantitative estimate of drug-likeness (QED) is 0.257. The molecule has 164 valence electrons. The van der Waals surface area contributed by atoms with Crippen LogP contribution in [-0.4, -0.2) is 77.4 Å². The first-order valence-electron chi connectivity index (χ1n) is 10.0. The monoisotopic (exact) mass is 404 g/mol. The summed E-state index contributed by atoms with van der Waals surface area (Å²) < 4.78 is 10.9. The molecule has 6 N–H and O–H groups in total. The lowest BCUT2D eigenvalue weighted by Crippen LogP contribution is -2.62. The summed E-state index contributed by atoms with van der Waals surface area (Å²) in [6.07, 6.45) is -0.125. The Labute approximate surface area is 166 Å². The van der Waals surface area contributed by atoms with E-state index in [4.69, 9.17) is 20.3 Å². The van der Waals surface area contributed by atoms with Gasteiger partial charge in [0.1, 0.15) is 24.1 Å². The van der Waals surface area contributed by atoms with Gasteiger partial charge in [-0.3, -0.25) is 9.59 Å². The van der Waals surface area contributed by atoms with Crippen molar-refractivity contribution in [2.45, 2.75) is 83.0 Å². The van der Waals surface area contributed by atoms with Crippen LogP contribution in [0.15, 0.2) is 0 Å². The molecule has 0 saturated carbocycles. The molecule has 9 nitrogen and oxygen atoms in total. The van der Waals surface area contributed by atoms with Gasteiger partial charge in [0.15, 0.2) is 6.29 Å². The van der Waals surface area contributed by atoms with Gasteiger partial charge < -0.3 is 35.8 Å². The predicted molar refractivity (Wildman–Crippen MR) is 102 cm³/mol. The molecule has 0 aromatic rings. The number of hydrogen-bond donors (Lipinski definition) is 5. The van der Waals surface area contributed by atoms with Crippen molar-refractivity contribution in [1.82, 2.24) is 5.32 Å². The standard InChI is InChI=1S/C19H36N2O7/c1-12(13(2)23)7-3-5-9-21-15(24)8-4-6-10-27-19-16(20)18(26)17(25)14(11-22)28-19/h12,14,16-19,22,25-26H,3-11,20H2,1-2H3,(H,21,24). The van der Waals surface area contributed by atoms with Gasteiger partial charge >= 0.3 is 0 Å². The van der Waals surface area contributed by atoms with Gasteiger partial charge in [0.2, 0.25) is 5.91 Å². The SMILES string of the molecule is CC(=O)C(C)CCCCNC(=O)CCCCOC1OC(CO)C(O)C(O)C1N. The summed E-state index contributed by atoms with van der Waals surface area (Å²) in [5.74, 6) is 0.251. The number of nitrogens with one attached hydrogen (secondary N) is 1. The molecule has 6 atom stereocenters. The number of carbonyl (C=O) groups excluding carboxylic acids is 2. The minimum atomic E-state index is -1.26. The summed E-state index contributed by atoms with van der Waals surface area (Å²) in [5.41, 5.74) is 5.78. The third-order valence-electron chi connectivity index (χ3n) is 5.09. The van der Waals surface area contributed by atoms with Gasteiger partial charge in [-0.05, 0) is 32.6 Å². The molecular formula is C19H36N2O7. The number of aliphatic hydroxyl groups is 3. The van der Waals surface area contributed by atoms with E-state index >= 15 is 0 Å². The largest absolute Gasteiger partial charge is 0.394 e. The molecule has 0 bridgehead atoms. The van der Waals surface area contributed by atoms with Crippen molar-refractivity contribution in [2.75, 3.05) is 19.8 Å². The lowest BCUT2D eigenvalue weighted by Gasteiger charge is -2.40. The number of unbranched alkanes of at least 4 members (excludes halogenated alkanes) is 2. The van der Waals surface area contributed by atoms with Gasteiger partial charge in [0.05, 0.1) is 12.6 Å². The topological polar surface area (TPSA) is 151 Å². The Balaban J connectivity index is 2.09. The van der Waals surface area contributed by atoms with E-state index in [2.05, 4.69) is 5.32 Å². The summed E-state index contributed by atoms with van der Waals surface area (Å²) in [5, 5.41) is 31.6. The van der Waals surface area contributed by atoms with Gasteiger partial charge in [-0.1, -0.05) is 13.3 Å². The van der Waals surface area contributed by atoms with Crippen molar-refractivity contribution in [1.29, 1.82) is 0 Å². The van der Waals surface area contributed by atoms with E-state index in [1.165, 1.54) is 0 Å². The van der Waals surface area contributed by atoms with E-state index < -0.39 is 37.3 Å². The fourth-order valence-corrected chi connectivity index (χ4v) is 2.94. The predicted octanol–water partition coefficient (Wildman–Crippen LogP) is -0.549. The van der Waals surface area contributed by atoms with Crippen LogP contribution in [0, 0.1) is 5.92 Å². The number of aliphatic hydroxyl groups excluding tert-OH is 3. The molecule has 0 aromatic heterocycles. The minimum Gasteiger partial charge on any atom is -0.394 e. The molecule has 1 rings (SSSR count). The molecule has 28 heavy (non-hydrogen) atoms. The van der Waals surface area contributed by atoms with Gasteiger partial charge in [-0.25, -0.2) is 0 Å².